The fourth-order valence-electron chi connectivity index (χ4n) is 2.84. The Morgan fingerprint density at radius 3 is 2.79 bits per heavy atom. The zero-order chi connectivity index (χ0) is 13.2. The number of rotatable bonds is 3. The van der Waals surface area contributed by atoms with E-state index in [1.165, 1.54) is 18.9 Å². The molecule has 102 valence electrons. The van der Waals surface area contributed by atoms with E-state index in [2.05, 4.69) is 10.7 Å². The fourth-order valence-corrected chi connectivity index (χ4v) is 2.84. The van der Waals surface area contributed by atoms with Gasteiger partial charge >= 0.3 is 0 Å². The Bertz CT molecular complexity index is 486. The molecule has 2 aliphatic rings. The number of nitrogens with zero attached hydrogens (tertiary/aromatic N) is 1. The molecule has 1 heterocycles. The summed E-state index contributed by atoms with van der Waals surface area (Å²) in [5, 5.41) is 5.02. The third-order valence-electron chi connectivity index (χ3n) is 3.79. The summed E-state index contributed by atoms with van der Waals surface area (Å²) in [6.07, 6.45) is 5.12. The van der Waals surface area contributed by atoms with E-state index < -0.39 is 0 Å². The standard InChI is InChI=1S/C14H18FN3O/c15-11-6-3-7-12(16-10-4-1-2-5-10)14(11)18-9-8-13(19)17-18/h3,6-7,10,16H,1-2,4-5,8-9H2,(H,17,19). The minimum absolute atomic E-state index is 0.0601. The molecule has 1 aromatic carbocycles. The number of nitrogens with one attached hydrogen (secondary N) is 2. The van der Waals surface area contributed by atoms with Crippen LogP contribution in [0.4, 0.5) is 15.8 Å². The van der Waals surface area contributed by atoms with Gasteiger partial charge in [0, 0.05) is 19.0 Å². The van der Waals surface area contributed by atoms with Crippen molar-refractivity contribution >= 4 is 17.3 Å². The minimum atomic E-state index is -0.301. The van der Waals surface area contributed by atoms with Crippen LogP contribution in [0.25, 0.3) is 0 Å². The predicted octanol–water partition coefficient (Wildman–Crippen LogP) is 2.42. The van der Waals surface area contributed by atoms with Gasteiger partial charge in [0.05, 0.1) is 5.69 Å². The zero-order valence-corrected chi connectivity index (χ0v) is 10.8. The molecule has 2 fully saturated rings. The van der Waals surface area contributed by atoms with E-state index in [-0.39, 0.29) is 11.7 Å². The third kappa shape index (κ3) is 2.50. The lowest BCUT2D eigenvalue weighted by Crippen LogP contribution is -2.34. The molecule has 0 spiro atoms. The van der Waals surface area contributed by atoms with Gasteiger partial charge in [-0.15, -0.1) is 0 Å². The Hall–Kier alpha value is -1.78. The summed E-state index contributed by atoms with van der Waals surface area (Å²) in [5.41, 5.74) is 3.92. The van der Waals surface area contributed by atoms with Crippen LogP contribution in [-0.2, 0) is 4.79 Å². The highest BCUT2D eigenvalue weighted by Crippen LogP contribution is 2.32. The van der Waals surface area contributed by atoms with Crippen LogP contribution in [0.1, 0.15) is 32.1 Å². The van der Waals surface area contributed by atoms with Crippen LogP contribution in [0.5, 0.6) is 0 Å². The van der Waals surface area contributed by atoms with Crippen molar-refractivity contribution in [3.63, 3.8) is 0 Å². The second kappa shape index (κ2) is 5.07. The maximum absolute atomic E-state index is 14.1. The number of hydrogen-bond acceptors (Lipinski definition) is 3. The Balaban J connectivity index is 1.86. The van der Waals surface area contributed by atoms with E-state index in [1.807, 2.05) is 6.07 Å². The smallest absolute Gasteiger partial charge is 0.240 e. The van der Waals surface area contributed by atoms with E-state index in [9.17, 15) is 9.18 Å². The number of hydrogen-bond donors (Lipinski definition) is 2. The molecule has 0 bridgehead atoms. The Morgan fingerprint density at radius 1 is 1.32 bits per heavy atom. The van der Waals surface area contributed by atoms with Gasteiger partial charge in [0.2, 0.25) is 5.91 Å². The summed E-state index contributed by atoms with van der Waals surface area (Å²) in [6.45, 7) is 0.513. The molecule has 0 unspecified atom stereocenters. The molecule has 1 saturated heterocycles. The normalized spacial score (nSPS) is 19.8. The van der Waals surface area contributed by atoms with E-state index in [0.29, 0.717) is 24.7 Å². The lowest BCUT2D eigenvalue weighted by atomic mass is 10.2. The van der Waals surface area contributed by atoms with E-state index in [1.54, 1.807) is 11.1 Å². The van der Waals surface area contributed by atoms with Gasteiger partial charge in [-0.1, -0.05) is 18.9 Å². The Morgan fingerprint density at radius 2 is 2.11 bits per heavy atom. The first kappa shape index (κ1) is 12.3. The number of carbonyl (C=O) groups is 1. The average molecular weight is 263 g/mol. The topological polar surface area (TPSA) is 44.4 Å². The minimum Gasteiger partial charge on any atom is -0.380 e. The van der Waals surface area contributed by atoms with Crippen LogP contribution in [0.2, 0.25) is 0 Å². The molecule has 0 aromatic heterocycles. The largest absolute Gasteiger partial charge is 0.380 e. The van der Waals surface area contributed by atoms with Crippen LogP contribution in [-0.4, -0.2) is 18.5 Å². The van der Waals surface area contributed by atoms with Gasteiger partial charge in [-0.3, -0.25) is 15.2 Å². The van der Waals surface area contributed by atoms with Crippen LogP contribution < -0.4 is 15.8 Å². The summed E-state index contributed by atoms with van der Waals surface area (Å²) in [6, 6.07) is 5.42. The van der Waals surface area contributed by atoms with Crippen molar-refractivity contribution in [2.75, 3.05) is 16.9 Å². The van der Waals surface area contributed by atoms with Crippen LogP contribution in [0.15, 0.2) is 18.2 Å². The molecular weight excluding hydrogens is 245 g/mol. The van der Waals surface area contributed by atoms with Gasteiger partial charge < -0.3 is 5.32 Å². The van der Waals surface area contributed by atoms with E-state index in [0.717, 1.165) is 18.5 Å². The van der Waals surface area contributed by atoms with Crippen molar-refractivity contribution in [1.82, 2.24) is 5.43 Å². The van der Waals surface area contributed by atoms with E-state index >= 15 is 0 Å². The van der Waals surface area contributed by atoms with Gasteiger partial charge in [0.15, 0.2) is 0 Å². The first-order chi connectivity index (χ1) is 9.24. The average Bonchev–Trinajstić information content (AvgIpc) is 3.01. The Kier molecular flexibility index (Phi) is 3.27. The van der Waals surface area contributed by atoms with Crippen molar-refractivity contribution in [3.8, 4) is 0 Å². The molecule has 1 saturated carbocycles. The molecular formula is C14H18FN3O. The third-order valence-corrected chi connectivity index (χ3v) is 3.79. The SMILES string of the molecule is O=C1CCN(c2c(F)cccc2NC2CCCC2)N1. The number of amides is 1. The molecule has 1 amide bonds. The number of anilines is 2. The molecule has 1 aromatic rings. The molecule has 1 aliphatic carbocycles. The highest BCUT2D eigenvalue weighted by Gasteiger charge is 2.25. The summed E-state index contributed by atoms with van der Waals surface area (Å²) in [4.78, 5) is 11.3. The number of hydrazine groups is 1. The van der Waals surface area contributed by atoms with Gasteiger partial charge in [-0.25, -0.2) is 4.39 Å². The van der Waals surface area contributed by atoms with Crippen molar-refractivity contribution in [3.05, 3.63) is 24.0 Å². The zero-order valence-electron chi connectivity index (χ0n) is 10.8. The molecule has 19 heavy (non-hydrogen) atoms. The number of carbonyl (C=O) groups excluding carboxylic acids is 1. The van der Waals surface area contributed by atoms with Crippen molar-refractivity contribution in [2.45, 2.75) is 38.1 Å². The maximum Gasteiger partial charge on any atom is 0.240 e. The molecule has 1 aliphatic heterocycles. The van der Waals surface area contributed by atoms with Crippen LogP contribution in [0.3, 0.4) is 0 Å². The summed E-state index contributed by atoms with van der Waals surface area (Å²) < 4.78 is 14.1. The van der Waals surface area contributed by atoms with Gasteiger partial charge in [0.1, 0.15) is 11.5 Å². The second-order valence-corrected chi connectivity index (χ2v) is 5.20. The molecule has 0 atom stereocenters. The first-order valence-corrected chi connectivity index (χ1v) is 6.86. The van der Waals surface area contributed by atoms with Gasteiger partial charge in [-0.2, -0.15) is 0 Å². The molecule has 3 rings (SSSR count). The highest BCUT2D eigenvalue weighted by molar-refractivity contribution is 5.84. The van der Waals surface area contributed by atoms with Crippen molar-refractivity contribution < 1.29 is 9.18 Å². The quantitative estimate of drug-likeness (QED) is 0.880. The fraction of sp³-hybridized carbons (Fsp3) is 0.500. The number of para-hydroxylation sites is 1. The van der Waals surface area contributed by atoms with Crippen molar-refractivity contribution in [1.29, 1.82) is 0 Å². The number of benzene rings is 1. The van der Waals surface area contributed by atoms with Crippen LogP contribution in [0, 0.1) is 5.82 Å². The predicted molar refractivity (Wildman–Crippen MR) is 72.4 cm³/mol. The molecule has 5 heteroatoms. The van der Waals surface area contributed by atoms with Gasteiger partial charge in [-0.05, 0) is 25.0 Å². The lowest BCUT2D eigenvalue weighted by Gasteiger charge is -2.24. The second-order valence-electron chi connectivity index (χ2n) is 5.20. The molecule has 0 radical (unpaired) electrons. The van der Waals surface area contributed by atoms with Gasteiger partial charge in [0.25, 0.3) is 0 Å². The van der Waals surface area contributed by atoms with Crippen LogP contribution >= 0.6 is 0 Å². The molecule has 2 N–H and O–H groups in total. The maximum atomic E-state index is 14.1. The monoisotopic (exact) mass is 263 g/mol. The first-order valence-electron chi connectivity index (χ1n) is 6.86. The summed E-state index contributed by atoms with van der Waals surface area (Å²) >= 11 is 0. The summed E-state index contributed by atoms with van der Waals surface area (Å²) in [5.74, 6) is -0.361. The molecule has 4 nitrogen and oxygen atoms in total. The van der Waals surface area contributed by atoms with Crippen molar-refractivity contribution in [2.24, 2.45) is 0 Å². The highest BCUT2D eigenvalue weighted by atomic mass is 19.1. The lowest BCUT2D eigenvalue weighted by molar-refractivity contribution is -0.119. The summed E-state index contributed by atoms with van der Waals surface area (Å²) in [7, 11) is 0. The number of halogens is 1. The van der Waals surface area contributed by atoms with E-state index in [4.69, 9.17) is 0 Å². The Labute approximate surface area is 111 Å².